The molecule has 4 aliphatic carbocycles. The van der Waals surface area contributed by atoms with E-state index in [0.29, 0.717) is 0 Å². The van der Waals surface area contributed by atoms with Crippen molar-refractivity contribution >= 4 is 6.08 Å². The molecule has 4 aliphatic rings. The summed E-state index contributed by atoms with van der Waals surface area (Å²) in [5, 5.41) is 14.6. The first-order chi connectivity index (χ1) is 11.0. The first kappa shape index (κ1) is 14.3. The van der Waals surface area contributed by atoms with E-state index in [1.165, 1.54) is 37.7 Å². The van der Waals surface area contributed by atoms with Crippen molar-refractivity contribution in [3.63, 3.8) is 0 Å². The van der Waals surface area contributed by atoms with Gasteiger partial charge in [-0.15, -0.1) is 0 Å². The molecule has 1 N–H and O–H groups in total. The summed E-state index contributed by atoms with van der Waals surface area (Å²) in [5.41, 5.74) is 3.33. The van der Waals surface area contributed by atoms with E-state index in [4.69, 9.17) is 4.52 Å². The van der Waals surface area contributed by atoms with Gasteiger partial charge in [-0.2, -0.15) is 0 Å². The third-order valence-electron chi connectivity index (χ3n) is 8.23. The first-order valence-electron chi connectivity index (χ1n) is 9.35. The van der Waals surface area contributed by atoms with Crippen molar-refractivity contribution in [1.29, 1.82) is 0 Å². The third-order valence-corrected chi connectivity index (χ3v) is 8.23. The summed E-state index contributed by atoms with van der Waals surface area (Å²) in [7, 11) is 0. The molecule has 3 saturated carbocycles. The molecule has 1 aromatic heterocycles. The van der Waals surface area contributed by atoms with E-state index >= 15 is 0 Å². The average molecular weight is 313 g/mol. The van der Waals surface area contributed by atoms with Crippen LogP contribution in [0.2, 0.25) is 0 Å². The molecule has 3 fully saturated rings. The van der Waals surface area contributed by atoms with Crippen molar-refractivity contribution < 1.29 is 9.63 Å². The van der Waals surface area contributed by atoms with Gasteiger partial charge in [0, 0.05) is 5.56 Å². The maximum absolute atomic E-state index is 10.5. The Morgan fingerprint density at radius 2 is 2.04 bits per heavy atom. The van der Waals surface area contributed by atoms with E-state index in [1.807, 2.05) is 6.20 Å². The molecule has 0 spiro atoms. The van der Waals surface area contributed by atoms with E-state index in [2.05, 4.69) is 25.1 Å². The standard InChI is InChI=1S/C20H27NO2/c1-19-8-7-16-14(15(19)5-6-18(19)22)4-3-13-9-17-12(11-21-23-17)10-20(13,16)2/h9,11,14-16,18,22H,3-8,10H2,1-2H3/t14-,15-,16-,18-,19-,20-/m0/s1. The third kappa shape index (κ3) is 1.72. The Morgan fingerprint density at radius 3 is 2.91 bits per heavy atom. The van der Waals surface area contributed by atoms with Crippen LogP contribution < -0.4 is 0 Å². The molecule has 5 rings (SSSR count). The van der Waals surface area contributed by atoms with Gasteiger partial charge in [-0.05, 0) is 79.6 Å². The van der Waals surface area contributed by atoms with Crippen molar-refractivity contribution in [3.8, 4) is 0 Å². The zero-order chi connectivity index (χ0) is 15.8. The SMILES string of the molecule is C[C@]12CC[C@H]3[C@@H](CCC4=Cc5oncc5C[C@@]43C)[C@@H]1CC[C@@H]2O. The second kappa shape index (κ2) is 4.50. The Hall–Kier alpha value is -1.09. The molecule has 124 valence electrons. The van der Waals surface area contributed by atoms with Crippen LogP contribution in [0.4, 0.5) is 0 Å². The van der Waals surface area contributed by atoms with Crippen LogP contribution in [0.5, 0.6) is 0 Å². The van der Waals surface area contributed by atoms with Gasteiger partial charge in [0.15, 0.2) is 5.76 Å². The minimum Gasteiger partial charge on any atom is -0.393 e. The summed E-state index contributed by atoms with van der Waals surface area (Å²) >= 11 is 0. The summed E-state index contributed by atoms with van der Waals surface area (Å²) in [5.74, 6) is 3.26. The van der Waals surface area contributed by atoms with Gasteiger partial charge in [-0.1, -0.05) is 24.6 Å². The number of allylic oxidation sites excluding steroid dienone is 1. The van der Waals surface area contributed by atoms with Crippen LogP contribution in [0.15, 0.2) is 16.3 Å². The molecule has 1 aromatic rings. The minimum absolute atomic E-state index is 0.0748. The number of aliphatic hydroxyl groups excluding tert-OH is 1. The Kier molecular flexibility index (Phi) is 2.79. The van der Waals surface area contributed by atoms with Gasteiger partial charge in [0.2, 0.25) is 0 Å². The predicted octanol–water partition coefficient (Wildman–Crippen LogP) is 4.22. The lowest BCUT2D eigenvalue weighted by Gasteiger charge is -2.57. The van der Waals surface area contributed by atoms with Gasteiger partial charge in [-0.25, -0.2) is 0 Å². The minimum atomic E-state index is -0.0748. The average Bonchev–Trinajstić information content (AvgIpc) is 3.08. The van der Waals surface area contributed by atoms with Crippen molar-refractivity contribution in [2.45, 2.75) is 64.9 Å². The molecule has 23 heavy (non-hydrogen) atoms. The van der Waals surface area contributed by atoms with Crippen LogP contribution in [-0.4, -0.2) is 16.4 Å². The quantitative estimate of drug-likeness (QED) is 0.780. The number of aliphatic hydroxyl groups is 1. The predicted molar refractivity (Wildman–Crippen MR) is 88.6 cm³/mol. The van der Waals surface area contributed by atoms with Gasteiger partial charge < -0.3 is 9.63 Å². The highest BCUT2D eigenvalue weighted by molar-refractivity contribution is 5.57. The second-order valence-corrected chi connectivity index (χ2v) is 9.03. The normalized spacial score (nSPS) is 48.0. The first-order valence-corrected chi connectivity index (χ1v) is 9.35. The van der Waals surface area contributed by atoms with Gasteiger partial charge in [0.25, 0.3) is 0 Å². The number of hydrogen-bond acceptors (Lipinski definition) is 3. The van der Waals surface area contributed by atoms with E-state index < -0.39 is 0 Å². The molecule has 0 bridgehead atoms. The van der Waals surface area contributed by atoms with E-state index in [-0.39, 0.29) is 16.9 Å². The zero-order valence-electron chi connectivity index (χ0n) is 14.2. The van der Waals surface area contributed by atoms with Crippen LogP contribution in [0.25, 0.3) is 6.08 Å². The summed E-state index contributed by atoms with van der Waals surface area (Å²) in [4.78, 5) is 0. The van der Waals surface area contributed by atoms with Crippen molar-refractivity contribution in [2.24, 2.45) is 28.6 Å². The van der Waals surface area contributed by atoms with Gasteiger partial charge >= 0.3 is 0 Å². The lowest BCUT2D eigenvalue weighted by Crippen LogP contribution is -2.51. The Morgan fingerprint density at radius 1 is 1.17 bits per heavy atom. The number of hydrogen-bond donors (Lipinski definition) is 1. The molecular weight excluding hydrogens is 286 g/mol. The molecule has 0 aromatic carbocycles. The fraction of sp³-hybridized carbons (Fsp3) is 0.750. The topological polar surface area (TPSA) is 46.3 Å². The fourth-order valence-corrected chi connectivity index (χ4v) is 6.86. The lowest BCUT2D eigenvalue weighted by molar-refractivity contribution is -0.0704. The molecule has 0 saturated heterocycles. The van der Waals surface area contributed by atoms with Crippen LogP contribution in [0, 0.1) is 28.6 Å². The number of aromatic nitrogens is 1. The van der Waals surface area contributed by atoms with Gasteiger partial charge in [0.1, 0.15) is 0 Å². The fourth-order valence-electron chi connectivity index (χ4n) is 6.86. The molecule has 0 unspecified atom stereocenters. The number of nitrogens with zero attached hydrogens (tertiary/aromatic N) is 1. The smallest absolute Gasteiger partial charge is 0.162 e. The monoisotopic (exact) mass is 313 g/mol. The van der Waals surface area contributed by atoms with Crippen molar-refractivity contribution in [2.75, 3.05) is 0 Å². The largest absolute Gasteiger partial charge is 0.393 e. The zero-order valence-corrected chi connectivity index (χ0v) is 14.2. The molecule has 0 amide bonds. The molecule has 1 heterocycles. The maximum atomic E-state index is 10.5. The molecule has 3 heteroatoms. The van der Waals surface area contributed by atoms with Crippen LogP contribution in [0.1, 0.15) is 63.7 Å². The summed E-state index contributed by atoms with van der Waals surface area (Å²) in [6.07, 6.45) is 12.4. The van der Waals surface area contributed by atoms with E-state index in [9.17, 15) is 5.11 Å². The second-order valence-electron chi connectivity index (χ2n) is 9.03. The molecule has 0 radical (unpaired) electrons. The van der Waals surface area contributed by atoms with Crippen LogP contribution in [0.3, 0.4) is 0 Å². The molecular formula is C20H27NO2. The summed E-state index contributed by atoms with van der Waals surface area (Å²) in [6, 6.07) is 0. The number of rotatable bonds is 0. The highest BCUT2D eigenvalue weighted by Crippen LogP contribution is 2.65. The van der Waals surface area contributed by atoms with Crippen LogP contribution in [-0.2, 0) is 6.42 Å². The number of fused-ring (bicyclic) bond motifs is 6. The summed E-state index contributed by atoms with van der Waals surface area (Å²) in [6.45, 7) is 4.85. The van der Waals surface area contributed by atoms with E-state index in [0.717, 1.165) is 36.4 Å². The van der Waals surface area contributed by atoms with Gasteiger partial charge in [0.05, 0.1) is 12.3 Å². The Bertz CT molecular complexity index is 677. The molecule has 6 atom stereocenters. The highest BCUT2D eigenvalue weighted by atomic mass is 16.5. The molecule has 3 nitrogen and oxygen atoms in total. The Balaban J connectivity index is 1.53. The summed E-state index contributed by atoms with van der Waals surface area (Å²) < 4.78 is 5.43. The van der Waals surface area contributed by atoms with E-state index in [1.54, 1.807) is 5.57 Å². The van der Waals surface area contributed by atoms with Gasteiger partial charge in [-0.3, -0.25) is 0 Å². The lowest BCUT2D eigenvalue weighted by atomic mass is 9.47. The van der Waals surface area contributed by atoms with Crippen molar-refractivity contribution in [1.82, 2.24) is 5.16 Å². The van der Waals surface area contributed by atoms with Crippen molar-refractivity contribution in [3.05, 3.63) is 23.1 Å². The van der Waals surface area contributed by atoms with Crippen LogP contribution >= 0.6 is 0 Å². The highest BCUT2D eigenvalue weighted by Gasteiger charge is 2.58. The molecule has 0 aliphatic heterocycles. The maximum Gasteiger partial charge on any atom is 0.162 e. The Labute approximate surface area is 138 Å².